The van der Waals surface area contributed by atoms with Gasteiger partial charge in [-0.15, -0.1) is 0 Å². The summed E-state index contributed by atoms with van der Waals surface area (Å²) in [6, 6.07) is 16.2. The summed E-state index contributed by atoms with van der Waals surface area (Å²) in [7, 11) is 0. The molecular weight excluding hydrogens is 480 g/mol. The first-order chi connectivity index (χ1) is 18.4. The highest BCUT2D eigenvalue weighted by Gasteiger charge is 2.63. The molecule has 6 aliphatic rings. The molecule has 2 bridgehead atoms. The average Bonchev–Trinajstić information content (AvgIpc) is 3.19. The van der Waals surface area contributed by atoms with Crippen LogP contribution >= 0.6 is 0 Å². The fourth-order valence-electron chi connectivity index (χ4n) is 7.18. The van der Waals surface area contributed by atoms with Crippen molar-refractivity contribution < 1.29 is 19.1 Å². The van der Waals surface area contributed by atoms with E-state index >= 15 is 0 Å². The van der Waals surface area contributed by atoms with Crippen molar-refractivity contribution in [2.75, 3.05) is 13.1 Å². The number of carbonyl (C=O) groups is 3. The number of rotatable bonds is 5. The first-order valence-corrected chi connectivity index (χ1v) is 13.7. The Morgan fingerprint density at radius 3 is 2.61 bits per heavy atom. The highest BCUT2D eigenvalue weighted by atomic mass is 16.5. The van der Waals surface area contributed by atoms with E-state index in [4.69, 9.17) is 4.74 Å². The van der Waals surface area contributed by atoms with E-state index in [2.05, 4.69) is 22.4 Å². The second kappa shape index (κ2) is 8.67. The van der Waals surface area contributed by atoms with Crippen LogP contribution in [-0.2, 0) is 16.1 Å². The lowest BCUT2D eigenvalue weighted by Crippen LogP contribution is -2.73. The molecule has 4 heterocycles. The maximum atomic E-state index is 13.2. The SMILES string of the molecule is N#Cc1cccc(C2CN([C@@H]3CCCC[C@@H]3Oc3ccc4c(c3)CN(C35CC(C3)C(=O)NC5=O)C4=O)C2)c1. The average molecular weight is 511 g/mol. The Morgan fingerprint density at radius 1 is 1.00 bits per heavy atom. The van der Waals surface area contributed by atoms with Gasteiger partial charge in [0.15, 0.2) is 0 Å². The largest absolute Gasteiger partial charge is 0.489 e. The van der Waals surface area contributed by atoms with Gasteiger partial charge in [-0.3, -0.25) is 24.6 Å². The molecule has 3 saturated heterocycles. The van der Waals surface area contributed by atoms with Crippen molar-refractivity contribution in [2.45, 2.75) is 68.7 Å². The quantitative estimate of drug-likeness (QED) is 0.620. The minimum absolute atomic E-state index is 0.0857. The molecule has 194 valence electrons. The van der Waals surface area contributed by atoms with Gasteiger partial charge in [-0.2, -0.15) is 5.26 Å². The Bertz CT molecular complexity index is 1380. The summed E-state index contributed by atoms with van der Waals surface area (Å²) >= 11 is 0. The summed E-state index contributed by atoms with van der Waals surface area (Å²) in [5.74, 6) is 0.324. The molecule has 8 nitrogen and oxygen atoms in total. The van der Waals surface area contributed by atoms with Crippen LogP contribution in [0.2, 0.25) is 0 Å². The molecule has 0 radical (unpaired) electrons. The van der Waals surface area contributed by atoms with E-state index in [1.54, 1.807) is 4.90 Å². The number of hydrogen-bond acceptors (Lipinski definition) is 6. The Kier molecular flexibility index (Phi) is 5.34. The predicted octanol–water partition coefficient (Wildman–Crippen LogP) is 3.11. The van der Waals surface area contributed by atoms with E-state index in [1.807, 2.05) is 36.4 Å². The minimum Gasteiger partial charge on any atom is -0.489 e. The van der Waals surface area contributed by atoms with Gasteiger partial charge in [0, 0.05) is 43.1 Å². The van der Waals surface area contributed by atoms with Crippen LogP contribution in [0.25, 0.3) is 0 Å². The first-order valence-electron chi connectivity index (χ1n) is 13.7. The van der Waals surface area contributed by atoms with Crippen LogP contribution in [0.4, 0.5) is 0 Å². The Balaban J connectivity index is 1.03. The van der Waals surface area contributed by atoms with Gasteiger partial charge < -0.3 is 9.64 Å². The number of nitrogens with zero attached hydrogens (tertiary/aromatic N) is 3. The lowest BCUT2D eigenvalue weighted by atomic mass is 9.63. The zero-order valence-corrected chi connectivity index (χ0v) is 21.2. The van der Waals surface area contributed by atoms with Crippen molar-refractivity contribution in [1.82, 2.24) is 15.1 Å². The number of imide groups is 1. The molecule has 2 aliphatic carbocycles. The Hall–Kier alpha value is -3.70. The number of fused-ring (bicyclic) bond motifs is 3. The molecule has 2 saturated carbocycles. The third-order valence-corrected chi connectivity index (χ3v) is 9.42. The van der Waals surface area contributed by atoms with Crippen LogP contribution in [0.1, 0.15) is 71.5 Å². The Labute approximate surface area is 221 Å². The molecule has 8 rings (SSSR count). The van der Waals surface area contributed by atoms with E-state index < -0.39 is 5.54 Å². The van der Waals surface area contributed by atoms with Crippen molar-refractivity contribution in [1.29, 1.82) is 5.26 Å². The molecule has 8 heteroatoms. The number of hydrogen-bond donors (Lipinski definition) is 1. The number of nitrogens with one attached hydrogen (secondary N) is 1. The van der Waals surface area contributed by atoms with E-state index in [-0.39, 0.29) is 29.7 Å². The molecule has 5 fully saturated rings. The third kappa shape index (κ3) is 3.56. The number of likely N-dealkylation sites (tertiary alicyclic amines) is 1. The summed E-state index contributed by atoms with van der Waals surface area (Å²) in [5.41, 5.74) is 2.54. The molecule has 4 aliphatic heterocycles. The van der Waals surface area contributed by atoms with Gasteiger partial charge in [0.2, 0.25) is 5.91 Å². The summed E-state index contributed by atoms with van der Waals surface area (Å²) in [5, 5.41) is 11.7. The molecular formula is C30H30N4O4. The monoisotopic (exact) mass is 510 g/mol. The van der Waals surface area contributed by atoms with E-state index in [9.17, 15) is 19.6 Å². The highest BCUT2D eigenvalue weighted by molar-refractivity contribution is 6.10. The second-order valence-corrected chi connectivity index (χ2v) is 11.6. The van der Waals surface area contributed by atoms with Crippen LogP contribution < -0.4 is 10.1 Å². The number of carbonyl (C=O) groups excluding carboxylic acids is 3. The van der Waals surface area contributed by atoms with Crippen LogP contribution in [0.5, 0.6) is 5.75 Å². The zero-order chi connectivity index (χ0) is 26.0. The number of benzene rings is 2. The topological polar surface area (TPSA) is 103 Å². The number of amides is 3. The Morgan fingerprint density at radius 2 is 1.82 bits per heavy atom. The van der Waals surface area contributed by atoms with Crippen LogP contribution in [0.3, 0.4) is 0 Å². The van der Waals surface area contributed by atoms with Crippen molar-refractivity contribution in [3.05, 3.63) is 64.7 Å². The molecule has 38 heavy (non-hydrogen) atoms. The minimum atomic E-state index is -0.898. The van der Waals surface area contributed by atoms with Crippen LogP contribution in [0.15, 0.2) is 42.5 Å². The lowest BCUT2D eigenvalue weighted by molar-refractivity contribution is -0.160. The predicted molar refractivity (Wildman–Crippen MR) is 137 cm³/mol. The van der Waals surface area contributed by atoms with Crippen molar-refractivity contribution in [3.63, 3.8) is 0 Å². The summed E-state index contributed by atoms with van der Waals surface area (Å²) < 4.78 is 6.58. The molecule has 0 spiro atoms. The second-order valence-electron chi connectivity index (χ2n) is 11.6. The number of ether oxygens (including phenoxy) is 1. The van der Waals surface area contributed by atoms with Crippen molar-refractivity contribution in [2.24, 2.45) is 5.92 Å². The van der Waals surface area contributed by atoms with E-state index in [0.717, 1.165) is 43.7 Å². The van der Waals surface area contributed by atoms with Crippen molar-refractivity contribution in [3.8, 4) is 11.8 Å². The summed E-state index contributed by atoms with van der Waals surface area (Å²) in [4.78, 5) is 42.0. The summed E-state index contributed by atoms with van der Waals surface area (Å²) in [6.45, 7) is 2.31. The zero-order valence-electron chi connectivity index (χ0n) is 21.2. The van der Waals surface area contributed by atoms with Gasteiger partial charge in [-0.05, 0) is 73.6 Å². The fourth-order valence-corrected chi connectivity index (χ4v) is 7.18. The maximum absolute atomic E-state index is 13.2. The van der Waals surface area contributed by atoms with Crippen LogP contribution in [0, 0.1) is 17.2 Å². The lowest BCUT2D eigenvalue weighted by Gasteiger charge is -2.53. The molecule has 3 amide bonds. The standard InChI is InChI=1S/C30H30N4O4/c31-14-18-4-3-5-19(10-18)22-15-33(16-22)25-6-1-2-7-26(25)38-23-8-9-24-20(11-23)17-34(28(24)36)30-12-21(13-30)27(35)32-29(30)37/h3-5,8-11,21-22,25-26H,1-2,6-7,12-13,15-17H2,(H,32,35,37)/t21?,25-,26+,30?/m1/s1. The molecule has 0 unspecified atom stereocenters. The third-order valence-electron chi connectivity index (χ3n) is 9.42. The number of piperidine rings is 2. The molecule has 2 aromatic rings. The van der Waals surface area contributed by atoms with Gasteiger partial charge >= 0.3 is 0 Å². The molecule has 2 aromatic carbocycles. The van der Waals surface area contributed by atoms with Gasteiger partial charge in [0.05, 0.1) is 11.6 Å². The molecule has 1 N–H and O–H groups in total. The molecule has 0 aromatic heterocycles. The maximum Gasteiger partial charge on any atom is 0.255 e. The smallest absolute Gasteiger partial charge is 0.255 e. The van der Waals surface area contributed by atoms with E-state index in [0.29, 0.717) is 42.5 Å². The normalized spacial score (nSPS) is 30.7. The van der Waals surface area contributed by atoms with Gasteiger partial charge in [-0.25, -0.2) is 0 Å². The van der Waals surface area contributed by atoms with Gasteiger partial charge in [0.25, 0.3) is 11.8 Å². The summed E-state index contributed by atoms with van der Waals surface area (Å²) in [6.07, 6.45) is 5.35. The van der Waals surface area contributed by atoms with Gasteiger partial charge in [-0.1, -0.05) is 18.6 Å². The van der Waals surface area contributed by atoms with E-state index in [1.165, 1.54) is 12.0 Å². The van der Waals surface area contributed by atoms with Crippen LogP contribution in [-0.4, -0.2) is 58.3 Å². The highest BCUT2D eigenvalue weighted by Crippen LogP contribution is 2.49. The fraction of sp³-hybridized carbons (Fsp3) is 0.467. The number of nitriles is 1. The first kappa shape index (κ1) is 23.4. The van der Waals surface area contributed by atoms with Gasteiger partial charge in [0.1, 0.15) is 17.4 Å². The molecule has 2 atom stereocenters. The van der Waals surface area contributed by atoms with Crippen molar-refractivity contribution >= 4 is 17.7 Å².